The summed E-state index contributed by atoms with van der Waals surface area (Å²) in [5, 5.41) is 13.6. The third kappa shape index (κ3) is 3.31. The van der Waals surface area contributed by atoms with Crippen LogP contribution in [0.2, 0.25) is 0 Å². The van der Waals surface area contributed by atoms with Gasteiger partial charge in [-0.2, -0.15) is 0 Å². The molecule has 0 unspecified atom stereocenters. The number of rotatable bonds is 3. The molecule has 8 atom stereocenters. The van der Waals surface area contributed by atoms with Crippen molar-refractivity contribution in [1.82, 2.24) is 0 Å². The second-order valence-electron chi connectivity index (χ2n) is 10.7. The maximum Gasteiger partial charge on any atom is 0.307 e. The Bertz CT molecular complexity index is 720. The Balaban J connectivity index is 1.55. The average molecular weight is 405 g/mol. The fourth-order valence-electron chi connectivity index (χ4n) is 7.52. The second kappa shape index (κ2) is 7.36. The quantitative estimate of drug-likeness (QED) is 0.424. The Morgan fingerprint density at radius 1 is 1.28 bits per heavy atom. The van der Waals surface area contributed by atoms with E-state index in [1.807, 2.05) is 6.92 Å². The molecule has 0 heterocycles. The molecule has 0 amide bonds. The average Bonchev–Trinajstić information content (AvgIpc) is 2.96. The minimum atomic E-state index is -0.234. The fourth-order valence-corrected chi connectivity index (χ4v) is 7.52. The molecule has 6 nitrogen and oxygen atoms in total. The topological polar surface area (TPSA) is 102 Å². The van der Waals surface area contributed by atoms with Gasteiger partial charge in [-0.1, -0.05) is 19.0 Å². The number of ether oxygens (including phenoxy) is 1. The molecule has 3 N–H and O–H groups in total. The van der Waals surface area contributed by atoms with Crippen LogP contribution in [0.3, 0.4) is 0 Å². The summed E-state index contributed by atoms with van der Waals surface area (Å²) in [6.45, 7) is 6.32. The molecule has 4 rings (SSSR count). The van der Waals surface area contributed by atoms with Crippen molar-refractivity contribution >= 4 is 17.5 Å². The van der Waals surface area contributed by atoms with Crippen molar-refractivity contribution in [3.8, 4) is 0 Å². The highest BCUT2D eigenvalue weighted by atomic mass is 16.5. The molecule has 0 spiro atoms. The van der Waals surface area contributed by atoms with E-state index in [9.17, 15) is 14.8 Å². The van der Waals surface area contributed by atoms with Crippen LogP contribution < -0.4 is 5.73 Å². The molecule has 6 heteroatoms. The summed E-state index contributed by atoms with van der Waals surface area (Å²) < 4.78 is 5.72. The van der Waals surface area contributed by atoms with Crippen LogP contribution in [0.15, 0.2) is 5.16 Å². The highest BCUT2D eigenvalue weighted by Gasteiger charge is 2.62. The van der Waals surface area contributed by atoms with Crippen molar-refractivity contribution in [1.29, 1.82) is 0 Å². The van der Waals surface area contributed by atoms with Crippen LogP contribution in [0.25, 0.3) is 0 Å². The summed E-state index contributed by atoms with van der Waals surface area (Å²) in [4.78, 5) is 24.7. The first-order valence-electron chi connectivity index (χ1n) is 11.4. The lowest BCUT2D eigenvalue weighted by molar-refractivity contribution is -0.156. The SMILES string of the molecule is C[C@@H](N)CC(=O)O[C@H]1CC[C@@]2(C)[C@H](C1)/C(=N/O)C[C@@H]1[C@@H]2CC[C@]2(C)C(=O)CC[C@@H]12. The number of oxime groups is 1. The van der Waals surface area contributed by atoms with Crippen LogP contribution in [0.5, 0.6) is 0 Å². The van der Waals surface area contributed by atoms with Crippen molar-refractivity contribution in [2.75, 3.05) is 0 Å². The molecular weight excluding hydrogens is 368 g/mol. The molecular formula is C23H36N2O4. The van der Waals surface area contributed by atoms with Crippen LogP contribution >= 0.6 is 0 Å². The number of hydrogen-bond donors (Lipinski definition) is 2. The van der Waals surface area contributed by atoms with E-state index in [1.54, 1.807) is 0 Å². The Kier molecular flexibility index (Phi) is 5.29. The number of nitrogens with two attached hydrogens (primary N) is 1. The number of fused-ring (bicyclic) bond motifs is 5. The Hall–Kier alpha value is -1.43. The van der Waals surface area contributed by atoms with Crippen LogP contribution in [0.1, 0.15) is 78.6 Å². The predicted molar refractivity (Wildman–Crippen MR) is 109 cm³/mol. The van der Waals surface area contributed by atoms with E-state index in [1.165, 1.54) is 0 Å². The van der Waals surface area contributed by atoms with E-state index < -0.39 is 0 Å². The Labute approximate surface area is 173 Å². The van der Waals surface area contributed by atoms with Gasteiger partial charge in [-0.05, 0) is 75.0 Å². The summed E-state index contributed by atoms with van der Waals surface area (Å²) in [5.74, 6) is 1.71. The van der Waals surface area contributed by atoms with Gasteiger partial charge in [0, 0.05) is 23.8 Å². The van der Waals surface area contributed by atoms with Crippen molar-refractivity contribution < 1.29 is 19.5 Å². The smallest absolute Gasteiger partial charge is 0.307 e. The summed E-state index contributed by atoms with van der Waals surface area (Å²) >= 11 is 0. The molecule has 4 fully saturated rings. The molecule has 4 aliphatic carbocycles. The van der Waals surface area contributed by atoms with Gasteiger partial charge in [0.2, 0.25) is 0 Å². The first kappa shape index (κ1) is 20.8. The van der Waals surface area contributed by atoms with Gasteiger partial charge in [0.25, 0.3) is 0 Å². The molecule has 0 aromatic rings. The number of Topliss-reactive ketones (excluding diaryl/α,β-unsaturated/α-hetero) is 1. The van der Waals surface area contributed by atoms with Gasteiger partial charge in [0.1, 0.15) is 11.9 Å². The summed E-state index contributed by atoms with van der Waals surface area (Å²) in [6.07, 6.45) is 7.16. The van der Waals surface area contributed by atoms with Gasteiger partial charge in [0.05, 0.1) is 12.1 Å². The molecule has 4 saturated carbocycles. The monoisotopic (exact) mass is 404 g/mol. The van der Waals surface area contributed by atoms with Crippen molar-refractivity contribution in [2.45, 2.75) is 90.7 Å². The Morgan fingerprint density at radius 2 is 2.03 bits per heavy atom. The zero-order valence-electron chi connectivity index (χ0n) is 18.0. The first-order chi connectivity index (χ1) is 13.7. The highest BCUT2D eigenvalue weighted by molar-refractivity contribution is 5.90. The predicted octanol–water partition coefficient (Wildman–Crippen LogP) is 3.69. The van der Waals surface area contributed by atoms with E-state index in [0.29, 0.717) is 30.0 Å². The van der Waals surface area contributed by atoms with E-state index in [-0.39, 0.29) is 41.3 Å². The largest absolute Gasteiger partial charge is 0.462 e. The van der Waals surface area contributed by atoms with Gasteiger partial charge >= 0.3 is 5.97 Å². The zero-order chi connectivity index (χ0) is 21.0. The lowest BCUT2D eigenvalue weighted by atomic mass is 9.44. The van der Waals surface area contributed by atoms with E-state index in [0.717, 1.165) is 50.7 Å². The molecule has 4 aliphatic rings. The van der Waals surface area contributed by atoms with Crippen LogP contribution in [0.4, 0.5) is 0 Å². The standard InChI is InChI=1S/C23H36N2O4/c1-13(24)10-21(27)29-14-6-8-22(2)17-7-9-23(3)16(4-5-20(23)26)15(17)12-19(25-28)18(22)11-14/h13-18,28H,4-12,24H2,1-3H3/b25-19+/t13-,14+,15+,16+,17+,18-,22-,23+/m1/s1. The summed E-state index contributed by atoms with van der Waals surface area (Å²) in [5.41, 5.74) is 6.44. The van der Waals surface area contributed by atoms with E-state index in [2.05, 4.69) is 19.0 Å². The number of hydrogen-bond acceptors (Lipinski definition) is 6. The third-order valence-electron chi connectivity index (χ3n) is 9.06. The van der Waals surface area contributed by atoms with E-state index >= 15 is 0 Å². The van der Waals surface area contributed by atoms with Crippen LogP contribution in [-0.4, -0.2) is 34.8 Å². The lowest BCUT2D eigenvalue weighted by Gasteiger charge is -2.60. The minimum Gasteiger partial charge on any atom is -0.462 e. The third-order valence-corrected chi connectivity index (χ3v) is 9.06. The van der Waals surface area contributed by atoms with Gasteiger partial charge in [-0.25, -0.2) is 0 Å². The number of ketones is 1. The molecule has 0 aromatic carbocycles. The number of carbonyl (C=O) groups excluding carboxylic acids is 2. The lowest BCUT2D eigenvalue weighted by Crippen LogP contribution is -2.57. The normalized spacial score (nSPS) is 46.6. The van der Waals surface area contributed by atoms with Crippen LogP contribution in [-0.2, 0) is 14.3 Å². The van der Waals surface area contributed by atoms with Crippen LogP contribution in [0, 0.1) is 34.5 Å². The zero-order valence-corrected chi connectivity index (χ0v) is 18.0. The van der Waals surface area contributed by atoms with Crippen molar-refractivity contribution in [2.24, 2.45) is 45.4 Å². The number of nitrogens with zero attached hydrogens (tertiary/aromatic N) is 1. The first-order valence-corrected chi connectivity index (χ1v) is 11.4. The molecule has 162 valence electrons. The van der Waals surface area contributed by atoms with Crippen molar-refractivity contribution in [3.63, 3.8) is 0 Å². The minimum absolute atomic E-state index is 0.0432. The molecule has 0 bridgehead atoms. The number of esters is 1. The maximum absolute atomic E-state index is 12.6. The summed E-state index contributed by atoms with van der Waals surface area (Å²) in [7, 11) is 0. The fraction of sp³-hybridized carbons (Fsp3) is 0.870. The molecule has 0 saturated heterocycles. The maximum atomic E-state index is 12.6. The van der Waals surface area contributed by atoms with Crippen molar-refractivity contribution in [3.05, 3.63) is 0 Å². The highest BCUT2D eigenvalue weighted by Crippen LogP contribution is 2.65. The van der Waals surface area contributed by atoms with Gasteiger partial charge in [0.15, 0.2) is 0 Å². The molecule has 0 aliphatic heterocycles. The molecule has 29 heavy (non-hydrogen) atoms. The van der Waals surface area contributed by atoms with Gasteiger partial charge in [-0.15, -0.1) is 0 Å². The van der Waals surface area contributed by atoms with Gasteiger partial charge in [-0.3, -0.25) is 9.59 Å². The second-order valence-corrected chi connectivity index (χ2v) is 10.7. The van der Waals surface area contributed by atoms with Gasteiger partial charge < -0.3 is 15.7 Å². The van der Waals surface area contributed by atoms with E-state index in [4.69, 9.17) is 10.5 Å². The molecule has 0 radical (unpaired) electrons. The number of carbonyl (C=O) groups is 2. The molecule has 0 aromatic heterocycles. The summed E-state index contributed by atoms with van der Waals surface area (Å²) in [6, 6.07) is -0.202. The Morgan fingerprint density at radius 3 is 2.72 bits per heavy atom.